The molecule has 1 unspecified atom stereocenters. The molecule has 0 aromatic heterocycles. The molecule has 1 saturated heterocycles. The van der Waals surface area contributed by atoms with Crippen LogP contribution in [0.5, 0.6) is 0 Å². The fraction of sp³-hybridized carbons (Fsp3) is 0.462. The van der Waals surface area contributed by atoms with Gasteiger partial charge in [0.25, 0.3) is 0 Å². The van der Waals surface area contributed by atoms with Gasteiger partial charge < -0.3 is 4.90 Å². The van der Waals surface area contributed by atoms with Crippen molar-refractivity contribution in [2.45, 2.75) is 26.3 Å². The average Bonchev–Trinajstić information content (AvgIpc) is 2.64. The van der Waals surface area contributed by atoms with Gasteiger partial charge in [-0.2, -0.15) is 0 Å². The smallest absolute Gasteiger partial charge is 0.223 e. The predicted molar refractivity (Wildman–Crippen MR) is 73.0 cm³/mol. The lowest BCUT2D eigenvalue weighted by atomic mass is 10.1. The van der Waals surface area contributed by atoms with Gasteiger partial charge in [0.2, 0.25) is 5.91 Å². The summed E-state index contributed by atoms with van der Waals surface area (Å²) in [5.74, 6) is 0.757. The summed E-state index contributed by atoms with van der Waals surface area (Å²) in [5, 5.41) is 0.715. The molecule has 0 aliphatic carbocycles. The molecule has 1 heterocycles. The van der Waals surface area contributed by atoms with Crippen LogP contribution >= 0.6 is 27.5 Å². The van der Waals surface area contributed by atoms with Gasteiger partial charge in [-0.1, -0.05) is 46.9 Å². The van der Waals surface area contributed by atoms with E-state index < -0.39 is 0 Å². The van der Waals surface area contributed by atoms with E-state index in [4.69, 9.17) is 11.6 Å². The van der Waals surface area contributed by atoms with Gasteiger partial charge in [-0.15, -0.1) is 0 Å². The molecule has 92 valence electrons. The highest BCUT2D eigenvalue weighted by Gasteiger charge is 2.28. The van der Waals surface area contributed by atoms with Gasteiger partial charge in [-0.25, -0.2) is 0 Å². The van der Waals surface area contributed by atoms with Crippen LogP contribution in [-0.4, -0.2) is 17.4 Å². The highest BCUT2D eigenvalue weighted by molar-refractivity contribution is 9.10. The van der Waals surface area contributed by atoms with Gasteiger partial charge in [0.15, 0.2) is 0 Å². The van der Waals surface area contributed by atoms with Crippen LogP contribution in [0.3, 0.4) is 0 Å². The van der Waals surface area contributed by atoms with E-state index in [0.29, 0.717) is 23.9 Å². The Morgan fingerprint density at radius 1 is 1.53 bits per heavy atom. The molecule has 4 heteroatoms. The lowest BCUT2D eigenvalue weighted by molar-refractivity contribution is -0.128. The molecule has 1 amide bonds. The van der Waals surface area contributed by atoms with Crippen molar-refractivity contribution in [3.8, 4) is 0 Å². The number of amides is 1. The lowest BCUT2D eigenvalue weighted by Gasteiger charge is -2.17. The minimum atomic E-state index is 0.246. The van der Waals surface area contributed by atoms with Crippen molar-refractivity contribution < 1.29 is 4.79 Å². The maximum Gasteiger partial charge on any atom is 0.223 e. The zero-order chi connectivity index (χ0) is 12.4. The Hall–Kier alpha value is -0.540. The fourth-order valence-electron chi connectivity index (χ4n) is 2.14. The van der Waals surface area contributed by atoms with E-state index in [-0.39, 0.29) is 5.91 Å². The maximum atomic E-state index is 11.8. The van der Waals surface area contributed by atoms with Crippen LogP contribution in [-0.2, 0) is 11.3 Å². The third-order valence-electron chi connectivity index (χ3n) is 3.25. The van der Waals surface area contributed by atoms with Gasteiger partial charge in [0.1, 0.15) is 0 Å². The monoisotopic (exact) mass is 315 g/mol. The van der Waals surface area contributed by atoms with E-state index in [0.717, 1.165) is 23.0 Å². The topological polar surface area (TPSA) is 20.3 Å². The minimum absolute atomic E-state index is 0.246. The summed E-state index contributed by atoms with van der Waals surface area (Å²) in [6.45, 7) is 3.62. The number of carbonyl (C=O) groups excluding carboxylic acids is 1. The second kappa shape index (κ2) is 5.40. The van der Waals surface area contributed by atoms with Gasteiger partial charge in [0, 0.05) is 29.0 Å². The summed E-state index contributed by atoms with van der Waals surface area (Å²) in [7, 11) is 0. The summed E-state index contributed by atoms with van der Waals surface area (Å²) < 4.78 is 0.963. The molecule has 1 aliphatic heterocycles. The van der Waals surface area contributed by atoms with Crippen molar-refractivity contribution in [2.75, 3.05) is 6.54 Å². The Balaban J connectivity index is 2.08. The molecule has 0 spiro atoms. The Morgan fingerprint density at radius 2 is 2.29 bits per heavy atom. The Bertz CT molecular complexity index is 435. The van der Waals surface area contributed by atoms with Crippen molar-refractivity contribution in [2.24, 2.45) is 5.92 Å². The summed E-state index contributed by atoms with van der Waals surface area (Å²) in [6.07, 6.45) is 1.75. The Labute approximate surface area is 115 Å². The van der Waals surface area contributed by atoms with Gasteiger partial charge in [-0.05, 0) is 23.6 Å². The van der Waals surface area contributed by atoms with Gasteiger partial charge >= 0.3 is 0 Å². The number of likely N-dealkylation sites (tertiary alicyclic amines) is 1. The number of rotatable bonds is 3. The number of halogens is 2. The molecule has 0 N–H and O–H groups in total. The fourth-order valence-corrected chi connectivity index (χ4v) is 2.87. The third kappa shape index (κ3) is 3.02. The largest absolute Gasteiger partial charge is 0.338 e. The zero-order valence-electron chi connectivity index (χ0n) is 9.75. The molecule has 1 atom stereocenters. The predicted octanol–water partition coefficient (Wildman–Crippen LogP) is 3.86. The first-order valence-corrected chi connectivity index (χ1v) is 6.99. The van der Waals surface area contributed by atoms with E-state index in [1.165, 1.54) is 0 Å². The highest BCUT2D eigenvalue weighted by atomic mass is 79.9. The molecule has 2 nitrogen and oxygen atoms in total. The van der Waals surface area contributed by atoms with E-state index in [2.05, 4.69) is 22.9 Å². The molecular formula is C13H15BrClNO. The van der Waals surface area contributed by atoms with Crippen LogP contribution in [0.15, 0.2) is 22.7 Å². The molecule has 1 aromatic carbocycles. The van der Waals surface area contributed by atoms with E-state index >= 15 is 0 Å². The van der Waals surface area contributed by atoms with Crippen LogP contribution in [0.2, 0.25) is 5.02 Å². The Morgan fingerprint density at radius 3 is 2.88 bits per heavy atom. The second-order valence-corrected chi connectivity index (χ2v) is 5.81. The number of benzene rings is 1. The van der Waals surface area contributed by atoms with Crippen molar-refractivity contribution in [3.05, 3.63) is 33.3 Å². The van der Waals surface area contributed by atoms with Crippen molar-refractivity contribution in [1.29, 1.82) is 0 Å². The number of carbonyl (C=O) groups is 1. The quantitative estimate of drug-likeness (QED) is 0.829. The normalized spacial score (nSPS) is 20.1. The van der Waals surface area contributed by atoms with Crippen LogP contribution in [0.4, 0.5) is 0 Å². The Kier molecular flexibility index (Phi) is 4.10. The molecule has 17 heavy (non-hydrogen) atoms. The number of hydrogen-bond acceptors (Lipinski definition) is 1. The van der Waals surface area contributed by atoms with E-state index in [9.17, 15) is 4.79 Å². The van der Waals surface area contributed by atoms with Gasteiger partial charge in [-0.3, -0.25) is 4.79 Å². The van der Waals surface area contributed by atoms with Crippen molar-refractivity contribution >= 4 is 33.4 Å². The van der Waals surface area contributed by atoms with E-state index in [1.54, 1.807) is 0 Å². The summed E-state index contributed by atoms with van der Waals surface area (Å²) in [6, 6.07) is 5.80. The summed E-state index contributed by atoms with van der Waals surface area (Å²) >= 11 is 9.53. The molecule has 2 rings (SSSR count). The van der Waals surface area contributed by atoms with Crippen LogP contribution in [0.25, 0.3) is 0 Å². The van der Waals surface area contributed by atoms with Crippen LogP contribution in [0, 0.1) is 5.92 Å². The summed E-state index contributed by atoms with van der Waals surface area (Å²) in [4.78, 5) is 13.7. The molecule has 1 fully saturated rings. The maximum absolute atomic E-state index is 11.8. The molecule has 1 aliphatic rings. The first-order chi connectivity index (χ1) is 8.10. The lowest BCUT2D eigenvalue weighted by Crippen LogP contribution is -2.24. The molecule has 0 radical (unpaired) electrons. The second-order valence-electron chi connectivity index (χ2n) is 4.49. The first kappa shape index (κ1) is 12.9. The number of nitrogens with zero attached hydrogens (tertiary/aromatic N) is 1. The van der Waals surface area contributed by atoms with Crippen LogP contribution in [0.1, 0.15) is 25.3 Å². The molecule has 1 aromatic rings. The molecule has 0 bridgehead atoms. The molecule has 0 saturated carbocycles. The zero-order valence-corrected chi connectivity index (χ0v) is 12.1. The van der Waals surface area contributed by atoms with Gasteiger partial charge in [0.05, 0.1) is 0 Å². The third-order valence-corrected chi connectivity index (χ3v) is 4.09. The SMILES string of the molecule is CCC1CC(=O)N(Cc2ccc(Br)cc2Cl)C1. The average molecular weight is 317 g/mol. The van der Waals surface area contributed by atoms with Crippen molar-refractivity contribution in [3.63, 3.8) is 0 Å². The van der Waals surface area contributed by atoms with Crippen molar-refractivity contribution in [1.82, 2.24) is 4.90 Å². The van der Waals surface area contributed by atoms with Crippen LogP contribution < -0.4 is 0 Å². The standard InChI is InChI=1S/C13H15BrClNO/c1-2-9-5-13(17)16(7-9)8-10-3-4-11(14)6-12(10)15/h3-4,6,9H,2,5,7-8H2,1H3. The highest BCUT2D eigenvalue weighted by Crippen LogP contribution is 2.26. The van der Waals surface area contributed by atoms with E-state index in [1.807, 2.05) is 23.1 Å². The molecular weight excluding hydrogens is 302 g/mol. The first-order valence-electron chi connectivity index (χ1n) is 5.82. The minimum Gasteiger partial charge on any atom is -0.338 e. The number of hydrogen-bond donors (Lipinski definition) is 0. The summed E-state index contributed by atoms with van der Waals surface area (Å²) in [5.41, 5.74) is 1.01.